The van der Waals surface area contributed by atoms with Gasteiger partial charge in [0.2, 0.25) is 0 Å². The fourth-order valence-electron chi connectivity index (χ4n) is 3.76. The molecule has 1 amide bonds. The zero-order valence-corrected chi connectivity index (χ0v) is 18.2. The predicted molar refractivity (Wildman–Crippen MR) is 117 cm³/mol. The number of nitrogen functional groups attached to an aromatic ring is 1. The van der Waals surface area contributed by atoms with Gasteiger partial charge in [-0.15, -0.1) is 29.9 Å². The SMILES string of the molecule is CC(C)n1c(C2CCCN(C(=O)c3nnsc3N)C2)nc2ccccc21.Cl.Cl. The van der Waals surface area contributed by atoms with Gasteiger partial charge in [0, 0.05) is 36.6 Å². The molecule has 10 heteroatoms. The molecule has 28 heavy (non-hydrogen) atoms. The molecule has 1 fully saturated rings. The number of aromatic nitrogens is 4. The molecule has 0 saturated carbocycles. The topological polar surface area (TPSA) is 89.9 Å². The third-order valence-corrected chi connectivity index (χ3v) is 5.48. The maximum absolute atomic E-state index is 12.8. The Morgan fingerprint density at radius 3 is 2.71 bits per heavy atom. The molecule has 1 aromatic carbocycles. The normalized spacial score (nSPS) is 16.7. The van der Waals surface area contributed by atoms with Gasteiger partial charge in [-0.1, -0.05) is 16.6 Å². The lowest BCUT2D eigenvalue weighted by Crippen LogP contribution is -2.40. The zero-order valence-electron chi connectivity index (χ0n) is 15.7. The minimum Gasteiger partial charge on any atom is -0.387 e. The molecule has 0 spiro atoms. The van der Waals surface area contributed by atoms with E-state index in [-0.39, 0.29) is 42.3 Å². The summed E-state index contributed by atoms with van der Waals surface area (Å²) in [7, 11) is 0. The van der Waals surface area contributed by atoms with Gasteiger partial charge in [0.15, 0.2) is 5.69 Å². The average Bonchev–Trinajstić information content (AvgIpc) is 3.24. The van der Waals surface area contributed by atoms with Crippen LogP contribution >= 0.6 is 36.3 Å². The number of fused-ring (bicyclic) bond motifs is 1. The van der Waals surface area contributed by atoms with Gasteiger partial charge in [-0.2, -0.15) is 0 Å². The number of imidazole rings is 1. The predicted octanol–water partition coefficient (Wildman–Crippen LogP) is 3.91. The largest absolute Gasteiger partial charge is 0.387 e. The van der Waals surface area contributed by atoms with Crippen molar-refractivity contribution in [3.63, 3.8) is 0 Å². The molecule has 1 saturated heterocycles. The number of benzene rings is 1. The molecule has 1 aliphatic heterocycles. The van der Waals surface area contributed by atoms with Crippen molar-refractivity contribution >= 4 is 58.3 Å². The van der Waals surface area contributed by atoms with E-state index >= 15 is 0 Å². The lowest BCUT2D eigenvalue weighted by atomic mass is 9.96. The van der Waals surface area contributed by atoms with Crippen LogP contribution in [0.15, 0.2) is 24.3 Å². The Hall–Kier alpha value is -1.90. The average molecular weight is 443 g/mol. The number of carbonyl (C=O) groups excluding carboxylic acids is 1. The maximum Gasteiger partial charge on any atom is 0.277 e. The number of carbonyl (C=O) groups is 1. The first-order valence-electron chi connectivity index (χ1n) is 8.90. The summed E-state index contributed by atoms with van der Waals surface area (Å²) < 4.78 is 6.08. The van der Waals surface area contributed by atoms with E-state index in [1.54, 1.807) is 0 Å². The fourth-order valence-corrected chi connectivity index (χ4v) is 4.19. The molecule has 0 bridgehead atoms. The Morgan fingerprint density at radius 2 is 2.04 bits per heavy atom. The molecule has 1 aliphatic rings. The Morgan fingerprint density at radius 1 is 1.29 bits per heavy atom. The Balaban J connectivity index is 0.00000140. The van der Waals surface area contributed by atoms with Crippen molar-refractivity contribution in [2.75, 3.05) is 18.8 Å². The van der Waals surface area contributed by atoms with Crippen LogP contribution in [-0.2, 0) is 0 Å². The van der Waals surface area contributed by atoms with E-state index in [1.165, 1.54) is 0 Å². The summed E-state index contributed by atoms with van der Waals surface area (Å²) in [6, 6.07) is 8.52. The zero-order chi connectivity index (χ0) is 18.3. The van der Waals surface area contributed by atoms with Crippen LogP contribution in [0.2, 0.25) is 0 Å². The minimum atomic E-state index is -0.131. The van der Waals surface area contributed by atoms with Crippen molar-refractivity contribution in [3.05, 3.63) is 35.8 Å². The highest BCUT2D eigenvalue weighted by Crippen LogP contribution is 2.32. The Kier molecular flexibility index (Phi) is 7.25. The summed E-state index contributed by atoms with van der Waals surface area (Å²) >= 11 is 1.06. The molecule has 1 unspecified atom stereocenters. The third kappa shape index (κ3) is 3.94. The molecular weight excluding hydrogens is 419 g/mol. The summed E-state index contributed by atoms with van der Waals surface area (Å²) in [5.74, 6) is 1.13. The monoisotopic (exact) mass is 442 g/mol. The van der Waals surface area contributed by atoms with Crippen molar-refractivity contribution in [1.82, 2.24) is 24.0 Å². The van der Waals surface area contributed by atoms with Crippen molar-refractivity contribution < 1.29 is 4.79 Å². The first-order valence-corrected chi connectivity index (χ1v) is 9.67. The van der Waals surface area contributed by atoms with Crippen LogP contribution in [0.3, 0.4) is 0 Å². The Bertz CT molecular complexity index is 957. The summed E-state index contributed by atoms with van der Waals surface area (Å²) in [5, 5.41) is 4.28. The second-order valence-corrected chi connectivity index (χ2v) is 7.78. The van der Waals surface area contributed by atoms with E-state index in [0.717, 1.165) is 41.2 Å². The highest BCUT2D eigenvalue weighted by molar-refractivity contribution is 7.10. The molecule has 7 nitrogen and oxygen atoms in total. The first-order chi connectivity index (χ1) is 12.6. The number of piperidine rings is 1. The van der Waals surface area contributed by atoms with Gasteiger partial charge in [0.05, 0.1) is 11.0 Å². The van der Waals surface area contributed by atoms with Crippen molar-refractivity contribution in [1.29, 1.82) is 0 Å². The molecule has 2 N–H and O–H groups in total. The van der Waals surface area contributed by atoms with Crippen molar-refractivity contribution in [3.8, 4) is 0 Å². The lowest BCUT2D eigenvalue weighted by Gasteiger charge is -2.32. The fraction of sp³-hybridized carbons (Fsp3) is 0.444. The van der Waals surface area contributed by atoms with Crippen LogP contribution in [0, 0.1) is 0 Å². The number of rotatable bonds is 3. The number of halogens is 2. The van der Waals surface area contributed by atoms with Gasteiger partial charge in [-0.3, -0.25) is 4.79 Å². The second kappa shape index (κ2) is 9.07. The maximum atomic E-state index is 12.8. The van der Waals surface area contributed by atoms with E-state index in [4.69, 9.17) is 10.7 Å². The smallest absolute Gasteiger partial charge is 0.277 e. The van der Waals surface area contributed by atoms with Crippen LogP contribution in [0.1, 0.15) is 55.0 Å². The van der Waals surface area contributed by atoms with Crippen LogP contribution in [0.5, 0.6) is 0 Å². The Labute approximate surface area is 180 Å². The molecule has 0 aliphatic carbocycles. The highest BCUT2D eigenvalue weighted by Gasteiger charge is 2.31. The number of hydrogen-bond acceptors (Lipinski definition) is 6. The van der Waals surface area contributed by atoms with E-state index < -0.39 is 0 Å². The van der Waals surface area contributed by atoms with E-state index in [1.807, 2.05) is 23.1 Å². The molecule has 2 aromatic heterocycles. The molecule has 1 atom stereocenters. The number of para-hydroxylation sites is 2. The molecule has 0 radical (unpaired) electrons. The van der Waals surface area contributed by atoms with E-state index in [0.29, 0.717) is 24.1 Å². The number of hydrogen-bond donors (Lipinski definition) is 1. The van der Waals surface area contributed by atoms with Gasteiger partial charge in [-0.05, 0) is 38.8 Å². The molecule has 4 rings (SSSR count). The quantitative estimate of drug-likeness (QED) is 0.663. The second-order valence-electron chi connectivity index (χ2n) is 7.00. The summed E-state index contributed by atoms with van der Waals surface area (Å²) in [6.45, 7) is 5.69. The summed E-state index contributed by atoms with van der Waals surface area (Å²) in [6.07, 6.45) is 1.96. The van der Waals surface area contributed by atoms with Crippen LogP contribution in [0.4, 0.5) is 5.00 Å². The number of nitrogens with zero attached hydrogens (tertiary/aromatic N) is 5. The summed E-state index contributed by atoms with van der Waals surface area (Å²) in [5.41, 5.74) is 8.26. The van der Waals surface area contributed by atoms with Crippen molar-refractivity contribution in [2.45, 2.75) is 38.6 Å². The van der Waals surface area contributed by atoms with Gasteiger partial charge in [-0.25, -0.2) is 4.98 Å². The van der Waals surface area contributed by atoms with E-state index in [9.17, 15) is 4.79 Å². The summed E-state index contributed by atoms with van der Waals surface area (Å²) in [4.78, 5) is 19.5. The van der Waals surface area contributed by atoms with Gasteiger partial charge in [0.25, 0.3) is 5.91 Å². The number of nitrogens with two attached hydrogens (primary N) is 1. The highest BCUT2D eigenvalue weighted by atomic mass is 35.5. The molecular formula is C18H24Cl2N6OS. The minimum absolute atomic E-state index is 0. The van der Waals surface area contributed by atoms with Crippen LogP contribution in [-0.4, -0.2) is 43.0 Å². The van der Waals surface area contributed by atoms with Crippen molar-refractivity contribution in [2.24, 2.45) is 0 Å². The van der Waals surface area contributed by atoms with Gasteiger partial charge < -0.3 is 15.2 Å². The lowest BCUT2D eigenvalue weighted by molar-refractivity contribution is 0.0698. The number of amides is 1. The number of likely N-dealkylation sites (tertiary alicyclic amines) is 1. The van der Waals surface area contributed by atoms with Crippen LogP contribution in [0.25, 0.3) is 11.0 Å². The standard InChI is InChI=1S/C18H22N6OS.2ClH/c1-11(2)24-14-8-4-3-7-13(14)20-17(24)12-6-5-9-23(10-12)18(25)15-16(19)26-22-21-15;;/h3-4,7-8,11-12H,5-6,9-10,19H2,1-2H3;2*1H. The molecule has 3 aromatic rings. The molecule has 3 heterocycles. The van der Waals surface area contributed by atoms with E-state index in [2.05, 4.69) is 34.1 Å². The molecule has 152 valence electrons. The van der Waals surface area contributed by atoms with Gasteiger partial charge >= 0.3 is 0 Å². The third-order valence-electron chi connectivity index (χ3n) is 4.93. The van der Waals surface area contributed by atoms with Crippen LogP contribution < -0.4 is 5.73 Å². The van der Waals surface area contributed by atoms with Gasteiger partial charge in [0.1, 0.15) is 10.8 Å². The first kappa shape index (κ1) is 22.4. The number of anilines is 1.